The van der Waals surface area contributed by atoms with E-state index < -0.39 is 0 Å². The zero-order chi connectivity index (χ0) is 18.5. The molecular formula is C27H15Br. The minimum Gasteiger partial charge on any atom is -0.0613 e. The summed E-state index contributed by atoms with van der Waals surface area (Å²) in [4.78, 5) is 0. The molecule has 0 nitrogen and oxygen atoms in total. The van der Waals surface area contributed by atoms with Gasteiger partial charge in [-0.25, -0.2) is 0 Å². The summed E-state index contributed by atoms with van der Waals surface area (Å²) in [5.74, 6) is 0. The van der Waals surface area contributed by atoms with Crippen LogP contribution in [0.1, 0.15) is 22.3 Å². The molecule has 5 aromatic rings. The van der Waals surface area contributed by atoms with Crippen molar-refractivity contribution in [2.75, 3.05) is 0 Å². The van der Waals surface area contributed by atoms with Crippen LogP contribution >= 0.6 is 15.9 Å². The molecule has 0 saturated carbocycles. The molecule has 2 aliphatic rings. The molecule has 7 rings (SSSR count). The lowest BCUT2D eigenvalue weighted by molar-refractivity contribution is 0.701. The number of hydrogen-bond acceptors (Lipinski definition) is 0. The van der Waals surface area contributed by atoms with Crippen molar-refractivity contribution >= 4 is 37.5 Å². The summed E-state index contributed by atoms with van der Waals surface area (Å²) in [5, 5.41) is 5.59. The maximum atomic E-state index is 3.62. The van der Waals surface area contributed by atoms with Crippen LogP contribution in [0.2, 0.25) is 0 Å². The van der Waals surface area contributed by atoms with E-state index in [-0.39, 0.29) is 5.41 Å². The van der Waals surface area contributed by atoms with E-state index >= 15 is 0 Å². The molecule has 2 aliphatic carbocycles. The van der Waals surface area contributed by atoms with Crippen LogP contribution in [0, 0.1) is 0 Å². The minimum absolute atomic E-state index is 0.0270. The first-order valence-electron chi connectivity index (χ1n) is 9.65. The number of benzene rings is 5. The molecule has 0 aliphatic heterocycles. The standard InChI is InChI=1S/C27H15Br/c28-18-8-1-7-17(15-18)19-13-14-24-26-20(19)9-4-12-23(26)27(24)21-10-2-5-16-6-3-11-22(27)25(16)21/h1-15H. The van der Waals surface area contributed by atoms with E-state index in [1.54, 1.807) is 0 Å². The first-order valence-corrected chi connectivity index (χ1v) is 10.4. The molecule has 0 bridgehead atoms. The topological polar surface area (TPSA) is 0 Å². The third kappa shape index (κ3) is 1.52. The molecule has 130 valence electrons. The molecule has 0 saturated heterocycles. The highest BCUT2D eigenvalue weighted by molar-refractivity contribution is 9.10. The van der Waals surface area contributed by atoms with E-state index in [2.05, 4.69) is 107 Å². The lowest BCUT2D eigenvalue weighted by atomic mass is 9.49. The van der Waals surface area contributed by atoms with E-state index in [0.29, 0.717) is 0 Å². The van der Waals surface area contributed by atoms with Gasteiger partial charge >= 0.3 is 0 Å². The van der Waals surface area contributed by atoms with E-state index in [0.717, 1.165) is 4.47 Å². The Balaban J connectivity index is 1.54. The number of fused-ring (bicyclic) bond motifs is 4. The molecule has 1 spiro atoms. The van der Waals surface area contributed by atoms with Gasteiger partial charge < -0.3 is 0 Å². The summed E-state index contributed by atoms with van der Waals surface area (Å²) >= 11 is 3.62. The zero-order valence-electron chi connectivity index (χ0n) is 15.0. The number of rotatable bonds is 1. The van der Waals surface area contributed by atoms with Crippen LogP contribution in [-0.4, -0.2) is 0 Å². The van der Waals surface area contributed by atoms with E-state index in [9.17, 15) is 0 Å². The van der Waals surface area contributed by atoms with Crippen LogP contribution in [0.3, 0.4) is 0 Å². The fourth-order valence-corrected chi connectivity index (χ4v) is 6.05. The van der Waals surface area contributed by atoms with Crippen molar-refractivity contribution in [3.8, 4) is 11.1 Å². The molecular weight excluding hydrogens is 404 g/mol. The quantitative estimate of drug-likeness (QED) is 0.260. The Morgan fingerprint density at radius 3 is 1.96 bits per heavy atom. The lowest BCUT2D eigenvalue weighted by Gasteiger charge is -2.52. The zero-order valence-corrected chi connectivity index (χ0v) is 16.6. The Bertz CT molecular complexity index is 1420. The third-order valence-electron chi connectivity index (χ3n) is 6.70. The molecule has 0 heterocycles. The van der Waals surface area contributed by atoms with Gasteiger partial charge in [-0.15, -0.1) is 0 Å². The predicted octanol–water partition coefficient (Wildman–Crippen LogP) is 7.43. The summed E-state index contributed by atoms with van der Waals surface area (Å²) in [6.07, 6.45) is 0. The van der Waals surface area contributed by atoms with E-state index in [1.165, 1.54) is 54.9 Å². The van der Waals surface area contributed by atoms with Crippen molar-refractivity contribution in [2.45, 2.75) is 5.41 Å². The van der Waals surface area contributed by atoms with E-state index in [1.807, 2.05) is 0 Å². The van der Waals surface area contributed by atoms with Crippen molar-refractivity contribution in [3.05, 3.63) is 118 Å². The van der Waals surface area contributed by atoms with Gasteiger partial charge in [0.05, 0.1) is 5.41 Å². The molecule has 0 fully saturated rings. The summed E-state index contributed by atoms with van der Waals surface area (Å²) in [6.45, 7) is 0. The largest absolute Gasteiger partial charge is 0.0725 e. The number of halogens is 1. The van der Waals surface area contributed by atoms with Gasteiger partial charge in [-0.05, 0) is 67.1 Å². The van der Waals surface area contributed by atoms with Crippen LogP contribution < -0.4 is 0 Å². The second-order valence-corrected chi connectivity index (χ2v) is 8.77. The number of hydrogen-bond donors (Lipinski definition) is 0. The molecule has 0 aromatic heterocycles. The molecule has 0 atom stereocenters. The van der Waals surface area contributed by atoms with Crippen molar-refractivity contribution in [1.29, 1.82) is 0 Å². The van der Waals surface area contributed by atoms with E-state index in [4.69, 9.17) is 0 Å². The molecule has 1 heteroatoms. The first kappa shape index (κ1) is 15.1. The SMILES string of the molecule is Brc1cccc(-c2ccc3c4c(cccc24)C32c3cccc4cccc2c34)c1. The fourth-order valence-electron chi connectivity index (χ4n) is 5.65. The maximum absolute atomic E-state index is 3.62. The monoisotopic (exact) mass is 418 g/mol. The third-order valence-corrected chi connectivity index (χ3v) is 7.19. The highest BCUT2D eigenvalue weighted by atomic mass is 79.9. The van der Waals surface area contributed by atoms with Crippen LogP contribution in [0.5, 0.6) is 0 Å². The predicted molar refractivity (Wildman–Crippen MR) is 120 cm³/mol. The van der Waals surface area contributed by atoms with Gasteiger partial charge in [-0.2, -0.15) is 0 Å². The van der Waals surface area contributed by atoms with Crippen molar-refractivity contribution in [1.82, 2.24) is 0 Å². The summed E-state index contributed by atoms with van der Waals surface area (Å²) in [5.41, 5.74) is 8.40. The average Bonchev–Trinajstić information content (AvgIpc) is 2.72. The minimum atomic E-state index is -0.0270. The van der Waals surface area contributed by atoms with Crippen LogP contribution in [0.4, 0.5) is 0 Å². The van der Waals surface area contributed by atoms with Gasteiger partial charge in [0.1, 0.15) is 0 Å². The summed E-state index contributed by atoms with van der Waals surface area (Å²) < 4.78 is 1.12. The van der Waals surface area contributed by atoms with Crippen LogP contribution in [0.25, 0.3) is 32.7 Å². The van der Waals surface area contributed by atoms with Crippen LogP contribution in [0.15, 0.2) is 95.5 Å². The second kappa shape index (κ2) is 4.92. The van der Waals surface area contributed by atoms with Gasteiger partial charge in [-0.3, -0.25) is 0 Å². The Morgan fingerprint density at radius 2 is 1.21 bits per heavy atom. The molecule has 0 unspecified atom stereocenters. The Labute approximate surface area is 171 Å². The normalized spacial score (nSPS) is 14.9. The smallest absolute Gasteiger partial charge is 0.0613 e. The Morgan fingerprint density at radius 1 is 0.571 bits per heavy atom. The van der Waals surface area contributed by atoms with Crippen LogP contribution in [-0.2, 0) is 5.41 Å². The molecule has 28 heavy (non-hydrogen) atoms. The Hall–Kier alpha value is -2.90. The summed E-state index contributed by atoms with van der Waals surface area (Å²) in [7, 11) is 0. The summed E-state index contributed by atoms with van der Waals surface area (Å²) in [6, 6.07) is 33.6. The highest BCUT2D eigenvalue weighted by Gasteiger charge is 2.54. The molecule has 0 amide bonds. The molecule has 0 N–H and O–H groups in total. The Kier molecular flexibility index (Phi) is 2.65. The highest BCUT2D eigenvalue weighted by Crippen LogP contribution is 2.65. The maximum Gasteiger partial charge on any atom is 0.0725 e. The van der Waals surface area contributed by atoms with Gasteiger partial charge in [0.25, 0.3) is 0 Å². The van der Waals surface area contributed by atoms with Gasteiger partial charge in [-0.1, -0.05) is 94.8 Å². The van der Waals surface area contributed by atoms with Gasteiger partial charge in [0, 0.05) is 4.47 Å². The molecule has 0 radical (unpaired) electrons. The van der Waals surface area contributed by atoms with Crippen molar-refractivity contribution in [2.24, 2.45) is 0 Å². The fraction of sp³-hybridized carbons (Fsp3) is 0.0370. The molecule has 5 aromatic carbocycles. The van der Waals surface area contributed by atoms with Gasteiger partial charge in [0.15, 0.2) is 0 Å². The van der Waals surface area contributed by atoms with Crippen molar-refractivity contribution in [3.63, 3.8) is 0 Å². The first-order chi connectivity index (χ1) is 13.8. The van der Waals surface area contributed by atoms with Crippen molar-refractivity contribution < 1.29 is 0 Å². The van der Waals surface area contributed by atoms with Gasteiger partial charge in [0.2, 0.25) is 0 Å². The lowest BCUT2D eigenvalue weighted by Crippen LogP contribution is -2.43. The second-order valence-electron chi connectivity index (χ2n) is 7.86. The average molecular weight is 419 g/mol.